The minimum Gasteiger partial charge on any atom is -0.478 e. The fourth-order valence-electron chi connectivity index (χ4n) is 1.84. The van der Waals surface area contributed by atoms with Crippen LogP contribution in [0.3, 0.4) is 0 Å². The lowest BCUT2D eigenvalue weighted by atomic mass is 10.1. The minimum absolute atomic E-state index is 0.101. The van der Waals surface area contributed by atoms with Crippen LogP contribution in [0.1, 0.15) is 28.5 Å². The molecule has 0 aromatic carbocycles. The molecule has 0 bridgehead atoms. The smallest absolute Gasteiger partial charge is 0.335 e. The number of hydrogen-bond donors (Lipinski definition) is 2. The number of nitrogens with one attached hydrogen (secondary N) is 1. The Morgan fingerprint density at radius 1 is 1.45 bits per heavy atom. The van der Waals surface area contributed by atoms with E-state index in [2.05, 4.69) is 22.2 Å². The number of nitrogens with zero attached hydrogens (tertiary/aromatic N) is 2. The maximum atomic E-state index is 11.0. The first-order chi connectivity index (χ1) is 9.60. The number of pyridine rings is 2. The molecule has 0 spiro atoms. The fraction of sp³-hybridized carbons (Fsp3) is 0.214. The lowest BCUT2D eigenvalue weighted by Crippen LogP contribution is -2.07. The SMILES string of the molecule is CCc1cccnc1CNc1cc(C(=O)O)cc(Cl)n1. The molecule has 0 saturated carbocycles. The highest BCUT2D eigenvalue weighted by atomic mass is 35.5. The van der Waals surface area contributed by atoms with Crippen LogP contribution in [-0.4, -0.2) is 21.0 Å². The topological polar surface area (TPSA) is 75.1 Å². The predicted molar refractivity (Wildman–Crippen MR) is 77.1 cm³/mol. The summed E-state index contributed by atoms with van der Waals surface area (Å²) >= 11 is 5.80. The van der Waals surface area contributed by atoms with Gasteiger partial charge in [-0.2, -0.15) is 0 Å². The van der Waals surface area contributed by atoms with Gasteiger partial charge in [-0.05, 0) is 30.2 Å². The van der Waals surface area contributed by atoms with Gasteiger partial charge in [-0.1, -0.05) is 24.6 Å². The first-order valence-electron chi connectivity index (χ1n) is 6.17. The van der Waals surface area contributed by atoms with Crippen molar-refractivity contribution in [1.29, 1.82) is 0 Å². The van der Waals surface area contributed by atoms with Gasteiger partial charge < -0.3 is 10.4 Å². The van der Waals surface area contributed by atoms with Crippen molar-refractivity contribution in [2.75, 3.05) is 5.32 Å². The number of anilines is 1. The molecule has 0 amide bonds. The molecule has 2 N–H and O–H groups in total. The number of carbonyl (C=O) groups is 1. The van der Waals surface area contributed by atoms with E-state index in [9.17, 15) is 4.79 Å². The first-order valence-corrected chi connectivity index (χ1v) is 6.55. The van der Waals surface area contributed by atoms with Gasteiger partial charge in [0.1, 0.15) is 11.0 Å². The number of rotatable bonds is 5. The van der Waals surface area contributed by atoms with E-state index in [0.29, 0.717) is 12.4 Å². The maximum absolute atomic E-state index is 11.0. The van der Waals surface area contributed by atoms with Crippen LogP contribution < -0.4 is 5.32 Å². The Bertz CT molecular complexity index is 632. The number of halogens is 1. The van der Waals surface area contributed by atoms with Crippen molar-refractivity contribution in [2.24, 2.45) is 0 Å². The van der Waals surface area contributed by atoms with E-state index in [1.54, 1.807) is 6.20 Å². The monoisotopic (exact) mass is 291 g/mol. The highest BCUT2D eigenvalue weighted by molar-refractivity contribution is 6.29. The lowest BCUT2D eigenvalue weighted by molar-refractivity contribution is 0.0697. The normalized spacial score (nSPS) is 10.3. The molecule has 0 atom stereocenters. The second-order valence-corrected chi connectivity index (χ2v) is 4.57. The molecule has 0 aliphatic carbocycles. The zero-order valence-electron chi connectivity index (χ0n) is 10.9. The van der Waals surface area contributed by atoms with Crippen molar-refractivity contribution in [3.05, 3.63) is 52.4 Å². The molecule has 5 nitrogen and oxygen atoms in total. The molecular formula is C14H14ClN3O2. The summed E-state index contributed by atoms with van der Waals surface area (Å²) in [4.78, 5) is 19.3. The van der Waals surface area contributed by atoms with Gasteiger partial charge in [0.05, 0.1) is 17.8 Å². The van der Waals surface area contributed by atoms with E-state index in [0.717, 1.165) is 17.7 Å². The van der Waals surface area contributed by atoms with Gasteiger partial charge in [-0.25, -0.2) is 9.78 Å². The molecule has 2 rings (SSSR count). The van der Waals surface area contributed by atoms with Gasteiger partial charge in [0.25, 0.3) is 0 Å². The van der Waals surface area contributed by atoms with Crippen molar-refractivity contribution >= 4 is 23.4 Å². The molecule has 20 heavy (non-hydrogen) atoms. The highest BCUT2D eigenvalue weighted by Gasteiger charge is 2.08. The molecule has 0 saturated heterocycles. The molecule has 2 aromatic heterocycles. The van der Waals surface area contributed by atoms with Crippen molar-refractivity contribution in [3.63, 3.8) is 0 Å². The van der Waals surface area contributed by atoms with E-state index in [4.69, 9.17) is 16.7 Å². The van der Waals surface area contributed by atoms with Gasteiger partial charge in [0, 0.05) is 6.20 Å². The van der Waals surface area contributed by atoms with Crippen molar-refractivity contribution in [3.8, 4) is 0 Å². The Labute approximate surface area is 121 Å². The van der Waals surface area contributed by atoms with Gasteiger partial charge in [-0.3, -0.25) is 4.98 Å². The average molecular weight is 292 g/mol. The van der Waals surface area contributed by atoms with E-state index < -0.39 is 5.97 Å². The maximum Gasteiger partial charge on any atom is 0.335 e. The lowest BCUT2D eigenvalue weighted by Gasteiger charge is -2.09. The number of aromatic nitrogens is 2. The van der Waals surface area contributed by atoms with E-state index >= 15 is 0 Å². The van der Waals surface area contributed by atoms with E-state index in [1.807, 2.05) is 12.1 Å². The Morgan fingerprint density at radius 3 is 2.95 bits per heavy atom. The van der Waals surface area contributed by atoms with Crippen LogP contribution in [0.5, 0.6) is 0 Å². The molecule has 0 unspecified atom stereocenters. The Hall–Kier alpha value is -2.14. The molecule has 0 aliphatic rings. The van der Waals surface area contributed by atoms with Gasteiger partial charge >= 0.3 is 5.97 Å². The first kappa shape index (κ1) is 14.3. The largest absolute Gasteiger partial charge is 0.478 e. The fourth-order valence-corrected chi connectivity index (χ4v) is 2.05. The molecule has 6 heteroatoms. The van der Waals surface area contributed by atoms with E-state index in [-0.39, 0.29) is 10.7 Å². The molecule has 0 fully saturated rings. The molecular weight excluding hydrogens is 278 g/mol. The molecule has 104 valence electrons. The third kappa shape index (κ3) is 3.45. The minimum atomic E-state index is -1.04. The van der Waals surface area contributed by atoms with Crippen LogP contribution in [0.15, 0.2) is 30.5 Å². The average Bonchev–Trinajstić information content (AvgIpc) is 2.44. The molecule has 0 aliphatic heterocycles. The summed E-state index contributed by atoms with van der Waals surface area (Å²) in [6.45, 7) is 2.52. The van der Waals surface area contributed by atoms with E-state index in [1.165, 1.54) is 12.1 Å². The standard InChI is InChI=1S/C14H14ClN3O2/c1-2-9-4-3-5-16-11(9)8-17-13-7-10(14(19)20)6-12(15)18-13/h3-7H,2,8H2,1H3,(H,17,18)(H,19,20). The summed E-state index contributed by atoms with van der Waals surface area (Å²) in [5.41, 5.74) is 2.15. The number of hydrogen-bond acceptors (Lipinski definition) is 4. The summed E-state index contributed by atoms with van der Waals surface area (Å²) in [6, 6.07) is 6.66. The van der Waals surface area contributed by atoms with Crippen molar-refractivity contribution < 1.29 is 9.90 Å². The van der Waals surface area contributed by atoms with Crippen LogP contribution in [0, 0.1) is 0 Å². The summed E-state index contributed by atoms with van der Waals surface area (Å²) < 4.78 is 0. The number of aryl methyl sites for hydroxylation is 1. The summed E-state index contributed by atoms with van der Waals surface area (Å²) in [5.74, 6) is -0.618. The number of carboxylic acids is 1. The third-order valence-electron chi connectivity index (χ3n) is 2.84. The second kappa shape index (κ2) is 6.34. The quantitative estimate of drug-likeness (QED) is 0.828. The molecule has 0 radical (unpaired) electrons. The third-order valence-corrected chi connectivity index (χ3v) is 3.04. The second-order valence-electron chi connectivity index (χ2n) is 4.19. The zero-order chi connectivity index (χ0) is 14.5. The van der Waals surface area contributed by atoms with Crippen LogP contribution in [-0.2, 0) is 13.0 Å². The Balaban J connectivity index is 2.16. The Morgan fingerprint density at radius 2 is 2.25 bits per heavy atom. The number of carboxylic acid groups (broad SMARTS) is 1. The van der Waals surface area contributed by atoms with Gasteiger partial charge in [0.2, 0.25) is 0 Å². The molecule has 2 heterocycles. The van der Waals surface area contributed by atoms with Crippen LogP contribution >= 0.6 is 11.6 Å². The summed E-state index contributed by atoms with van der Waals surface area (Å²) in [6.07, 6.45) is 2.61. The number of aromatic carboxylic acids is 1. The van der Waals surface area contributed by atoms with Crippen LogP contribution in [0.2, 0.25) is 5.15 Å². The van der Waals surface area contributed by atoms with Crippen LogP contribution in [0.25, 0.3) is 0 Å². The van der Waals surface area contributed by atoms with Gasteiger partial charge in [-0.15, -0.1) is 0 Å². The predicted octanol–water partition coefficient (Wildman–Crippen LogP) is 3.00. The van der Waals surface area contributed by atoms with Crippen LogP contribution in [0.4, 0.5) is 5.82 Å². The summed E-state index contributed by atoms with van der Waals surface area (Å²) in [5, 5.41) is 12.2. The van der Waals surface area contributed by atoms with Crippen molar-refractivity contribution in [2.45, 2.75) is 19.9 Å². The van der Waals surface area contributed by atoms with Crippen molar-refractivity contribution in [1.82, 2.24) is 9.97 Å². The van der Waals surface area contributed by atoms with Gasteiger partial charge in [0.15, 0.2) is 0 Å². The molecule has 2 aromatic rings. The zero-order valence-corrected chi connectivity index (χ0v) is 11.7. The highest BCUT2D eigenvalue weighted by Crippen LogP contribution is 2.16. The summed E-state index contributed by atoms with van der Waals surface area (Å²) in [7, 11) is 0. The Kier molecular flexibility index (Phi) is 4.53.